The van der Waals surface area contributed by atoms with Crippen LogP contribution >= 0.6 is 11.6 Å². The molecule has 0 atom stereocenters. The Morgan fingerprint density at radius 3 is 3.05 bits per heavy atom. The largest absolute Gasteiger partial charge is 0.491 e. The summed E-state index contributed by atoms with van der Waals surface area (Å²) in [7, 11) is 0. The number of carbonyl (C=O) groups is 1. The third kappa shape index (κ3) is 1.82. The van der Waals surface area contributed by atoms with Crippen LogP contribution < -0.4 is 10.5 Å². The second-order valence-electron chi connectivity index (χ2n) is 4.31. The van der Waals surface area contributed by atoms with Gasteiger partial charge in [-0.05, 0) is 18.2 Å². The van der Waals surface area contributed by atoms with Crippen LogP contribution in [-0.2, 0) is 6.42 Å². The van der Waals surface area contributed by atoms with Crippen LogP contribution in [0.2, 0.25) is 5.02 Å². The van der Waals surface area contributed by atoms with E-state index in [4.69, 9.17) is 28.5 Å². The van der Waals surface area contributed by atoms with Crippen molar-refractivity contribution in [1.82, 2.24) is 9.78 Å². The Labute approximate surface area is 120 Å². The predicted octanol–water partition coefficient (Wildman–Crippen LogP) is 1.54. The zero-order valence-corrected chi connectivity index (χ0v) is 11.1. The molecule has 1 aromatic heterocycles. The third-order valence-corrected chi connectivity index (χ3v) is 3.50. The first-order valence-corrected chi connectivity index (χ1v) is 6.30. The maximum atomic E-state index is 11.4. The van der Waals surface area contributed by atoms with E-state index in [-0.39, 0.29) is 10.7 Å². The van der Waals surface area contributed by atoms with Gasteiger partial charge in [0.25, 0.3) is 5.91 Å². The van der Waals surface area contributed by atoms with Crippen LogP contribution in [0.25, 0.3) is 5.69 Å². The third-order valence-electron chi connectivity index (χ3n) is 3.10. The van der Waals surface area contributed by atoms with Crippen LogP contribution in [0.5, 0.6) is 5.75 Å². The summed E-state index contributed by atoms with van der Waals surface area (Å²) < 4.78 is 7.21. The van der Waals surface area contributed by atoms with Gasteiger partial charge >= 0.3 is 0 Å². The summed E-state index contributed by atoms with van der Waals surface area (Å²) in [5.74, 6) is 2.53. The first-order valence-electron chi connectivity index (χ1n) is 5.93. The number of hydrogen-bond acceptors (Lipinski definition) is 3. The number of nitrogens with zero attached hydrogens (tertiary/aromatic N) is 2. The molecule has 3 rings (SSSR count). The summed E-state index contributed by atoms with van der Waals surface area (Å²) >= 11 is 6.17. The van der Waals surface area contributed by atoms with Gasteiger partial charge in [0.15, 0.2) is 5.69 Å². The predicted molar refractivity (Wildman–Crippen MR) is 74.2 cm³/mol. The van der Waals surface area contributed by atoms with Gasteiger partial charge in [0, 0.05) is 12.0 Å². The molecule has 5 nitrogen and oxygen atoms in total. The molecule has 20 heavy (non-hydrogen) atoms. The molecule has 0 saturated carbocycles. The number of primary amides is 1. The highest BCUT2D eigenvalue weighted by Gasteiger charge is 2.24. The second kappa shape index (κ2) is 4.58. The minimum atomic E-state index is -0.661. The van der Waals surface area contributed by atoms with E-state index < -0.39 is 5.91 Å². The molecule has 0 bridgehead atoms. The Balaban J connectivity index is 2.28. The highest BCUT2D eigenvalue weighted by atomic mass is 35.5. The lowest BCUT2D eigenvalue weighted by Gasteiger charge is -2.08. The number of nitrogens with two attached hydrogens (primary N) is 1. The molecule has 2 aromatic rings. The van der Waals surface area contributed by atoms with E-state index in [2.05, 4.69) is 11.0 Å². The maximum absolute atomic E-state index is 11.4. The molecule has 0 unspecified atom stereocenters. The molecule has 1 aromatic carbocycles. The molecule has 2 N–H and O–H groups in total. The smallest absolute Gasteiger partial charge is 0.270 e. The van der Waals surface area contributed by atoms with Crippen molar-refractivity contribution in [3.63, 3.8) is 0 Å². The quantitative estimate of drug-likeness (QED) is 0.809. The number of halogens is 1. The van der Waals surface area contributed by atoms with Crippen LogP contribution in [0.1, 0.15) is 21.7 Å². The average molecular weight is 288 g/mol. The Hall–Kier alpha value is -2.45. The van der Waals surface area contributed by atoms with E-state index in [1.165, 1.54) is 0 Å². The molecular formula is C14H10ClN3O2. The molecule has 2 heterocycles. The van der Waals surface area contributed by atoms with Crippen molar-refractivity contribution in [3.05, 3.63) is 40.2 Å². The number of aromatic nitrogens is 2. The number of rotatable bonds is 1. The van der Waals surface area contributed by atoms with Crippen LogP contribution in [0.4, 0.5) is 0 Å². The van der Waals surface area contributed by atoms with E-state index in [1.807, 2.05) is 0 Å². The molecule has 0 spiro atoms. The van der Waals surface area contributed by atoms with Gasteiger partial charge in [0.2, 0.25) is 0 Å². The van der Waals surface area contributed by atoms with Gasteiger partial charge in [-0.2, -0.15) is 5.10 Å². The number of fused-ring (bicyclic) bond motifs is 3. The molecule has 0 radical (unpaired) electrons. The van der Waals surface area contributed by atoms with Crippen molar-refractivity contribution in [2.75, 3.05) is 6.61 Å². The van der Waals surface area contributed by atoms with Gasteiger partial charge in [-0.25, -0.2) is 4.68 Å². The number of carbonyl (C=O) groups excluding carboxylic acids is 1. The zero-order valence-electron chi connectivity index (χ0n) is 10.4. The molecule has 1 aliphatic heterocycles. The number of benzene rings is 1. The van der Waals surface area contributed by atoms with Crippen molar-refractivity contribution >= 4 is 17.5 Å². The van der Waals surface area contributed by atoms with Gasteiger partial charge < -0.3 is 10.5 Å². The molecule has 1 amide bonds. The van der Waals surface area contributed by atoms with Crippen LogP contribution in [0.15, 0.2) is 18.2 Å². The fourth-order valence-electron chi connectivity index (χ4n) is 2.16. The molecule has 0 fully saturated rings. The minimum absolute atomic E-state index is 0.0561. The lowest BCUT2D eigenvalue weighted by molar-refractivity contribution is 0.0995. The molecule has 0 saturated heterocycles. The summed E-state index contributed by atoms with van der Waals surface area (Å²) in [5, 5.41) is 4.45. The Bertz CT molecular complexity index is 759. The fourth-order valence-corrected chi connectivity index (χ4v) is 2.46. The maximum Gasteiger partial charge on any atom is 0.270 e. The SMILES string of the molecule is C#Cc1ccc2c(c1)-n1nc(C(N)=O)c(Cl)c1CCO2. The first kappa shape index (κ1) is 12.6. The Kier molecular flexibility index (Phi) is 2.88. The summed E-state index contributed by atoms with van der Waals surface area (Å²) in [5.41, 5.74) is 7.37. The van der Waals surface area contributed by atoms with Crippen molar-refractivity contribution in [3.8, 4) is 23.8 Å². The highest BCUT2D eigenvalue weighted by Crippen LogP contribution is 2.32. The van der Waals surface area contributed by atoms with E-state index in [1.54, 1.807) is 22.9 Å². The van der Waals surface area contributed by atoms with Gasteiger partial charge in [-0.1, -0.05) is 17.5 Å². The number of amides is 1. The summed E-state index contributed by atoms with van der Waals surface area (Å²) in [6.07, 6.45) is 5.93. The van der Waals surface area contributed by atoms with Crippen molar-refractivity contribution in [2.45, 2.75) is 6.42 Å². The highest BCUT2D eigenvalue weighted by molar-refractivity contribution is 6.34. The van der Waals surface area contributed by atoms with E-state index >= 15 is 0 Å². The number of terminal acetylenes is 1. The van der Waals surface area contributed by atoms with Crippen LogP contribution in [0.3, 0.4) is 0 Å². The monoisotopic (exact) mass is 287 g/mol. The van der Waals surface area contributed by atoms with Gasteiger partial charge in [-0.3, -0.25) is 4.79 Å². The van der Waals surface area contributed by atoms with E-state index in [9.17, 15) is 4.79 Å². The van der Waals surface area contributed by atoms with Gasteiger partial charge in [0.1, 0.15) is 11.4 Å². The van der Waals surface area contributed by atoms with E-state index in [0.717, 1.165) is 0 Å². The first-order chi connectivity index (χ1) is 9.61. The van der Waals surface area contributed by atoms with Gasteiger partial charge in [0.05, 0.1) is 17.3 Å². The second-order valence-corrected chi connectivity index (χ2v) is 4.69. The minimum Gasteiger partial charge on any atom is -0.491 e. The Morgan fingerprint density at radius 2 is 2.35 bits per heavy atom. The van der Waals surface area contributed by atoms with Crippen LogP contribution in [-0.4, -0.2) is 22.3 Å². The lowest BCUT2D eigenvalue weighted by atomic mass is 10.2. The van der Waals surface area contributed by atoms with Crippen LogP contribution in [0, 0.1) is 12.3 Å². The summed E-state index contributed by atoms with van der Waals surface area (Å²) in [4.78, 5) is 11.4. The molecule has 0 aliphatic carbocycles. The zero-order chi connectivity index (χ0) is 14.3. The summed E-state index contributed by atoms with van der Waals surface area (Å²) in [6, 6.07) is 5.32. The normalized spacial score (nSPS) is 12.6. The standard InChI is InChI=1S/C14H10ClN3O2/c1-2-8-3-4-11-10(7-8)18-9(5-6-20-11)12(15)13(17-18)14(16)19/h1,3-4,7H,5-6H2,(H2,16,19). The van der Waals surface area contributed by atoms with E-state index in [0.29, 0.717) is 35.7 Å². The molecule has 100 valence electrons. The molecule has 1 aliphatic rings. The topological polar surface area (TPSA) is 70.1 Å². The number of hydrogen-bond donors (Lipinski definition) is 1. The summed E-state index contributed by atoms with van der Waals surface area (Å²) in [6.45, 7) is 0.437. The van der Waals surface area contributed by atoms with Crippen molar-refractivity contribution < 1.29 is 9.53 Å². The lowest BCUT2D eigenvalue weighted by Crippen LogP contribution is -2.13. The van der Waals surface area contributed by atoms with Crippen molar-refractivity contribution in [2.24, 2.45) is 5.73 Å². The molecule has 6 heteroatoms. The number of ether oxygens (including phenoxy) is 1. The van der Waals surface area contributed by atoms with Gasteiger partial charge in [-0.15, -0.1) is 6.42 Å². The Morgan fingerprint density at radius 1 is 1.55 bits per heavy atom. The van der Waals surface area contributed by atoms with Crippen molar-refractivity contribution in [1.29, 1.82) is 0 Å². The fraction of sp³-hybridized carbons (Fsp3) is 0.143. The average Bonchev–Trinajstić information content (AvgIpc) is 2.66. The molecular weight excluding hydrogens is 278 g/mol.